The van der Waals surface area contributed by atoms with Gasteiger partial charge in [0, 0.05) is 18.0 Å². The van der Waals surface area contributed by atoms with Crippen LogP contribution < -0.4 is 9.64 Å². The van der Waals surface area contributed by atoms with Gasteiger partial charge < -0.3 is 14.9 Å². The molecule has 2 aromatic carbocycles. The monoisotopic (exact) mass is 472 g/mol. The number of aryl methyl sites for hydroxylation is 1. The Labute approximate surface area is 204 Å². The Balaban J connectivity index is 1.77. The van der Waals surface area contributed by atoms with Gasteiger partial charge in [-0.25, -0.2) is 0 Å². The Hall–Kier alpha value is -4.13. The standard InChI is InChI=1S/C28H28N2O5/c1-3-4-5-16-35-21-9-7-20(8-10-21)26(32)24-25(19-12-14-29-15-13-19)30(28(34)27(24)33)22-17-18(2)6-11-23(22)31/h6-15,17,25,31-32H,3-5,16H2,1-2H3/b26-24+. The van der Waals surface area contributed by atoms with Gasteiger partial charge in [0.05, 0.1) is 23.9 Å². The number of carbonyl (C=O) groups is 2. The zero-order valence-electron chi connectivity index (χ0n) is 19.8. The zero-order chi connectivity index (χ0) is 24.9. The second-order valence-corrected chi connectivity index (χ2v) is 8.52. The first-order valence-corrected chi connectivity index (χ1v) is 11.7. The number of benzene rings is 2. The van der Waals surface area contributed by atoms with E-state index in [0.29, 0.717) is 23.5 Å². The fourth-order valence-electron chi connectivity index (χ4n) is 4.18. The molecule has 2 heterocycles. The van der Waals surface area contributed by atoms with Crippen molar-refractivity contribution in [3.8, 4) is 11.5 Å². The summed E-state index contributed by atoms with van der Waals surface area (Å²) in [6.45, 7) is 4.56. The van der Waals surface area contributed by atoms with Crippen molar-refractivity contribution in [2.75, 3.05) is 11.5 Å². The number of pyridine rings is 1. The number of hydrogen-bond acceptors (Lipinski definition) is 6. The second-order valence-electron chi connectivity index (χ2n) is 8.52. The summed E-state index contributed by atoms with van der Waals surface area (Å²) in [4.78, 5) is 31.7. The summed E-state index contributed by atoms with van der Waals surface area (Å²) in [6.07, 6.45) is 6.25. The van der Waals surface area contributed by atoms with Crippen molar-refractivity contribution in [1.82, 2.24) is 4.98 Å². The van der Waals surface area contributed by atoms with Gasteiger partial charge >= 0.3 is 0 Å². The van der Waals surface area contributed by atoms with Crippen LogP contribution in [0.5, 0.6) is 11.5 Å². The van der Waals surface area contributed by atoms with Crippen molar-refractivity contribution < 1.29 is 24.5 Å². The van der Waals surface area contributed by atoms with Crippen LogP contribution in [0.15, 0.2) is 72.6 Å². The third-order valence-electron chi connectivity index (χ3n) is 6.00. The normalized spacial score (nSPS) is 17.1. The van der Waals surface area contributed by atoms with Crippen molar-refractivity contribution in [2.45, 2.75) is 39.2 Å². The Morgan fingerprint density at radius 3 is 2.43 bits per heavy atom. The fourth-order valence-corrected chi connectivity index (χ4v) is 4.18. The summed E-state index contributed by atoms with van der Waals surface area (Å²) in [5.41, 5.74) is 1.92. The first-order chi connectivity index (χ1) is 16.9. The first kappa shape index (κ1) is 24.0. The molecule has 0 spiro atoms. The Kier molecular flexibility index (Phi) is 7.15. The maximum atomic E-state index is 13.2. The lowest BCUT2D eigenvalue weighted by atomic mass is 9.95. The summed E-state index contributed by atoms with van der Waals surface area (Å²) in [5, 5.41) is 21.8. The molecule has 2 N–H and O–H groups in total. The van der Waals surface area contributed by atoms with Crippen LogP contribution >= 0.6 is 0 Å². The van der Waals surface area contributed by atoms with Gasteiger partial charge in [0.2, 0.25) is 0 Å². The molecular formula is C28H28N2O5. The first-order valence-electron chi connectivity index (χ1n) is 11.7. The average molecular weight is 473 g/mol. The average Bonchev–Trinajstić information content (AvgIpc) is 3.14. The fraction of sp³-hybridized carbons (Fsp3) is 0.250. The molecule has 1 amide bonds. The number of aliphatic hydroxyl groups excluding tert-OH is 1. The number of ketones is 1. The number of amides is 1. The molecular weight excluding hydrogens is 444 g/mol. The lowest BCUT2D eigenvalue weighted by molar-refractivity contribution is -0.132. The maximum absolute atomic E-state index is 13.2. The number of carbonyl (C=O) groups excluding carboxylic acids is 2. The van der Waals surface area contributed by atoms with Crippen LogP contribution in [-0.2, 0) is 9.59 Å². The predicted molar refractivity (Wildman–Crippen MR) is 133 cm³/mol. The Morgan fingerprint density at radius 1 is 1.03 bits per heavy atom. The molecule has 0 radical (unpaired) electrons. The molecule has 7 heteroatoms. The van der Waals surface area contributed by atoms with Crippen molar-refractivity contribution in [1.29, 1.82) is 0 Å². The van der Waals surface area contributed by atoms with E-state index in [1.54, 1.807) is 60.9 Å². The molecule has 7 nitrogen and oxygen atoms in total. The van der Waals surface area contributed by atoms with Crippen LogP contribution in [-0.4, -0.2) is 33.5 Å². The number of unbranched alkanes of at least 4 members (excludes halogenated alkanes) is 2. The summed E-state index contributed by atoms with van der Waals surface area (Å²) < 4.78 is 5.73. The maximum Gasteiger partial charge on any atom is 0.300 e. The van der Waals surface area contributed by atoms with Crippen molar-refractivity contribution >= 4 is 23.1 Å². The van der Waals surface area contributed by atoms with Gasteiger partial charge in [0.15, 0.2) is 0 Å². The minimum Gasteiger partial charge on any atom is -0.507 e. The molecule has 1 aliphatic rings. The molecule has 35 heavy (non-hydrogen) atoms. The highest BCUT2D eigenvalue weighted by atomic mass is 16.5. The molecule has 4 rings (SSSR count). The highest BCUT2D eigenvalue weighted by Gasteiger charge is 2.47. The summed E-state index contributed by atoms with van der Waals surface area (Å²) in [6, 6.07) is 14.0. The number of Topliss-reactive ketones (excluding diaryl/α,β-unsaturated/α-hetero) is 1. The van der Waals surface area contributed by atoms with E-state index < -0.39 is 17.7 Å². The molecule has 1 fully saturated rings. The summed E-state index contributed by atoms with van der Waals surface area (Å²) >= 11 is 0. The van der Waals surface area contributed by atoms with Crippen molar-refractivity contribution in [3.05, 3.63) is 89.3 Å². The quantitative estimate of drug-likeness (QED) is 0.200. The number of phenolic OH excluding ortho intramolecular Hbond substituents is 1. The van der Waals surface area contributed by atoms with Crippen LogP contribution in [0.4, 0.5) is 5.69 Å². The number of hydrogen-bond donors (Lipinski definition) is 2. The highest BCUT2D eigenvalue weighted by molar-refractivity contribution is 6.51. The molecule has 1 aliphatic heterocycles. The summed E-state index contributed by atoms with van der Waals surface area (Å²) in [7, 11) is 0. The van der Waals surface area contributed by atoms with Gasteiger partial charge in [-0.1, -0.05) is 25.8 Å². The van der Waals surface area contributed by atoms with E-state index in [-0.39, 0.29) is 22.8 Å². The molecule has 3 aromatic rings. The van der Waals surface area contributed by atoms with Gasteiger partial charge in [-0.3, -0.25) is 19.5 Å². The van der Waals surface area contributed by atoms with Crippen molar-refractivity contribution in [3.63, 3.8) is 0 Å². The van der Waals surface area contributed by atoms with E-state index in [1.807, 2.05) is 6.92 Å². The van der Waals surface area contributed by atoms with Gasteiger partial charge in [-0.2, -0.15) is 0 Å². The number of nitrogens with zero attached hydrogens (tertiary/aromatic N) is 2. The van der Waals surface area contributed by atoms with E-state index >= 15 is 0 Å². The van der Waals surface area contributed by atoms with Crippen LogP contribution in [0.1, 0.15) is 48.9 Å². The highest BCUT2D eigenvalue weighted by Crippen LogP contribution is 2.44. The van der Waals surface area contributed by atoms with E-state index in [0.717, 1.165) is 24.8 Å². The predicted octanol–water partition coefficient (Wildman–Crippen LogP) is 5.29. The zero-order valence-corrected chi connectivity index (χ0v) is 19.8. The van der Waals surface area contributed by atoms with Crippen LogP contribution in [0.2, 0.25) is 0 Å². The topological polar surface area (TPSA) is 100.0 Å². The minimum atomic E-state index is -0.935. The number of anilines is 1. The third-order valence-corrected chi connectivity index (χ3v) is 6.00. The molecule has 1 unspecified atom stereocenters. The van der Waals surface area contributed by atoms with E-state index in [4.69, 9.17) is 4.74 Å². The van der Waals surface area contributed by atoms with Crippen molar-refractivity contribution in [2.24, 2.45) is 0 Å². The minimum absolute atomic E-state index is 0.0567. The molecule has 0 saturated carbocycles. The van der Waals surface area contributed by atoms with Crippen LogP contribution in [0.3, 0.4) is 0 Å². The Morgan fingerprint density at radius 2 is 1.74 bits per heavy atom. The molecule has 1 atom stereocenters. The second kappa shape index (κ2) is 10.4. The molecule has 1 saturated heterocycles. The van der Waals surface area contributed by atoms with Gasteiger partial charge in [-0.05, 0) is 73.0 Å². The molecule has 1 aromatic heterocycles. The number of phenols is 1. The number of aromatic nitrogens is 1. The van der Waals surface area contributed by atoms with Gasteiger partial charge in [0.1, 0.15) is 17.3 Å². The smallest absolute Gasteiger partial charge is 0.300 e. The van der Waals surface area contributed by atoms with Crippen LogP contribution in [0.25, 0.3) is 5.76 Å². The third kappa shape index (κ3) is 4.89. The summed E-state index contributed by atoms with van der Waals surface area (Å²) in [5.74, 6) is -1.43. The number of aliphatic hydroxyl groups is 1. The molecule has 0 aliphatic carbocycles. The van der Waals surface area contributed by atoms with E-state index in [9.17, 15) is 19.8 Å². The Bertz CT molecular complexity index is 1250. The lowest BCUT2D eigenvalue weighted by Crippen LogP contribution is -2.29. The molecule has 180 valence electrons. The number of rotatable bonds is 8. The van der Waals surface area contributed by atoms with E-state index in [2.05, 4.69) is 11.9 Å². The van der Waals surface area contributed by atoms with Gasteiger partial charge in [-0.15, -0.1) is 0 Å². The number of ether oxygens (including phenoxy) is 1. The van der Waals surface area contributed by atoms with E-state index in [1.165, 1.54) is 11.0 Å². The number of aromatic hydroxyl groups is 1. The lowest BCUT2D eigenvalue weighted by Gasteiger charge is -2.26. The largest absolute Gasteiger partial charge is 0.507 e. The van der Waals surface area contributed by atoms with Crippen LogP contribution in [0, 0.1) is 6.92 Å². The van der Waals surface area contributed by atoms with Gasteiger partial charge in [0.25, 0.3) is 11.7 Å². The SMILES string of the molecule is CCCCCOc1ccc(/C(O)=C2\C(=O)C(=O)N(c3cc(C)ccc3O)C2c2ccncc2)cc1. The molecule has 0 bridgehead atoms.